The SMILES string of the molecule is O=C(O)/C=C\C(=O)O.[KH].[NaH]. The molecule has 0 heterocycles. The molecule has 0 fully saturated rings. The number of carbonyl (C=O) groups is 2. The minimum absolute atomic E-state index is 0. The van der Waals surface area contributed by atoms with E-state index < -0.39 is 11.9 Å². The molecule has 10 heavy (non-hydrogen) atoms. The van der Waals surface area contributed by atoms with Crippen molar-refractivity contribution in [2.45, 2.75) is 0 Å². The van der Waals surface area contributed by atoms with Crippen LogP contribution in [-0.4, -0.2) is 103 Å². The van der Waals surface area contributed by atoms with Gasteiger partial charge in [0.1, 0.15) is 0 Å². The first-order chi connectivity index (χ1) is 3.63. The van der Waals surface area contributed by atoms with Crippen LogP contribution < -0.4 is 0 Å². The van der Waals surface area contributed by atoms with Gasteiger partial charge in [0, 0.05) is 12.2 Å². The molecule has 0 spiro atoms. The molecule has 0 aliphatic rings. The molecule has 0 radical (unpaired) electrons. The number of hydrogen-bond donors (Lipinski definition) is 2. The van der Waals surface area contributed by atoms with E-state index in [1.54, 1.807) is 0 Å². The van der Waals surface area contributed by atoms with E-state index in [-0.39, 0.29) is 80.9 Å². The third-order valence-electron chi connectivity index (χ3n) is 0.368. The van der Waals surface area contributed by atoms with Crippen molar-refractivity contribution >= 4 is 92.9 Å². The van der Waals surface area contributed by atoms with Gasteiger partial charge < -0.3 is 10.2 Å². The van der Waals surface area contributed by atoms with Gasteiger partial charge in [0.05, 0.1) is 0 Å². The molecule has 0 aromatic rings. The van der Waals surface area contributed by atoms with Gasteiger partial charge in [0.2, 0.25) is 0 Å². The summed E-state index contributed by atoms with van der Waals surface area (Å²) in [6.07, 6.45) is 1.12. The molecule has 2 N–H and O–H groups in total. The predicted octanol–water partition coefficient (Wildman–Crippen LogP) is -1.59. The first-order valence-electron chi connectivity index (χ1n) is 1.77. The normalized spacial score (nSPS) is 7.60. The van der Waals surface area contributed by atoms with Gasteiger partial charge in [-0.05, 0) is 0 Å². The molecule has 4 nitrogen and oxygen atoms in total. The second kappa shape index (κ2) is 10.3. The maximum atomic E-state index is 9.55. The summed E-state index contributed by atoms with van der Waals surface area (Å²) in [5.41, 5.74) is 0. The zero-order valence-corrected chi connectivity index (χ0v) is 3.87. The topological polar surface area (TPSA) is 74.6 Å². The molecular formula is C4H6KNaO4. The molecule has 48 valence electrons. The van der Waals surface area contributed by atoms with E-state index in [0.29, 0.717) is 12.2 Å². The molecule has 0 amide bonds. The van der Waals surface area contributed by atoms with Crippen LogP contribution in [0, 0.1) is 0 Å². The number of hydrogen-bond acceptors (Lipinski definition) is 2. The minimum atomic E-state index is -1.26. The quantitative estimate of drug-likeness (QED) is 0.397. The van der Waals surface area contributed by atoms with Crippen molar-refractivity contribution in [1.29, 1.82) is 0 Å². The summed E-state index contributed by atoms with van der Waals surface area (Å²) in [4.78, 5) is 19.1. The Bertz CT molecular complexity index is 128. The van der Waals surface area contributed by atoms with Crippen molar-refractivity contribution in [3.63, 3.8) is 0 Å². The molecule has 0 saturated carbocycles. The summed E-state index contributed by atoms with van der Waals surface area (Å²) < 4.78 is 0. The van der Waals surface area contributed by atoms with E-state index in [2.05, 4.69) is 0 Å². The van der Waals surface area contributed by atoms with E-state index >= 15 is 0 Å². The summed E-state index contributed by atoms with van der Waals surface area (Å²) in [7, 11) is 0. The van der Waals surface area contributed by atoms with E-state index in [4.69, 9.17) is 10.2 Å². The second-order valence-corrected chi connectivity index (χ2v) is 1.01. The van der Waals surface area contributed by atoms with Crippen LogP contribution in [-0.2, 0) is 9.59 Å². The van der Waals surface area contributed by atoms with Gasteiger partial charge in [-0.2, -0.15) is 0 Å². The molecule has 6 heteroatoms. The molecule has 0 aliphatic carbocycles. The summed E-state index contributed by atoms with van der Waals surface area (Å²) in [6, 6.07) is 0. The maximum absolute atomic E-state index is 9.55. The van der Waals surface area contributed by atoms with Crippen LogP contribution in [0.2, 0.25) is 0 Å². The van der Waals surface area contributed by atoms with Crippen LogP contribution in [0.15, 0.2) is 12.2 Å². The fourth-order valence-corrected chi connectivity index (χ4v) is 0.143. The van der Waals surface area contributed by atoms with Gasteiger partial charge in [-0.3, -0.25) is 0 Å². The Morgan fingerprint density at radius 1 is 1.00 bits per heavy atom. The van der Waals surface area contributed by atoms with E-state index in [1.807, 2.05) is 0 Å². The second-order valence-electron chi connectivity index (χ2n) is 1.01. The van der Waals surface area contributed by atoms with Gasteiger partial charge in [-0.15, -0.1) is 0 Å². The third kappa shape index (κ3) is 16.2. The molecular weight excluding hydrogens is 174 g/mol. The van der Waals surface area contributed by atoms with Crippen LogP contribution in [0.5, 0.6) is 0 Å². The molecule has 0 rings (SSSR count). The fraction of sp³-hybridized carbons (Fsp3) is 0. The van der Waals surface area contributed by atoms with Gasteiger partial charge >= 0.3 is 92.9 Å². The van der Waals surface area contributed by atoms with Crippen molar-refractivity contribution in [3.05, 3.63) is 12.2 Å². The number of aliphatic carboxylic acids is 2. The van der Waals surface area contributed by atoms with Crippen LogP contribution in [0.25, 0.3) is 0 Å². The summed E-state index contributed by atoms with van der Waals surface area (Å²) in [6.45, 7) is 0. The van der Waals surface area contributed by atoms with E-state index in [1.165, 1.54) is 0 Å². The summed E-state index contributed by atoms with van der Waals surface area (Å²) in [5.74, 6) is -2.51. The number of carboxylic acids is 2. The zero-order valence-electron chi connectivity index (χ0n) is 3.87. The predicted molar refractivity (Wildman–Crippen MR) is 38.7 cm³/mol. The first kappa shape index (κ1) is 17.4. The standard InChI is InChI=1S/C4H4O4.K.Na.2H/c5-3(6)1-2-4(7)8;;;;/h1-2H,(H,5,6)(H,7,8);;;;/b2-1-;;;;. The fourth-order valence-electron chi connectivity index (χ4n) is 0.143. The van der Waals surface area contributed by atoms with Crippen molar-refractivity contribution in [1.82, 2.24) is 0 Å². The number of rotatable bonds is 2. The summed E-state index contributed by atoms with van der Waals surface area (Å²) >= 11 is 0. The Morgan fingerprint density at radius 3 is 1.30 bits per heavy atom. The van der Waals surface area contributed by atoms with Gasteiger partial charge in [0.25, 0.3) is 0 Å². The molecule has 0 saturated heterocycles. The summed E-state index contributed by atoms with van der Waals surface area (Å²) in [5, 5.41) is 15.6. The van der Waals surface area contributed by atoms with Crippen LogP contribution in [0.1, 0.15) is 0 Å². The Labute approximate surface area is 122 Å². The molecule has 0 unspecified atom stereocenters. The first-order valence-corrected chi connectivity index (χ1v) is 1.77. The Kier molecular flexibility index (Phi) is 18.0. The van der Waals surface area contributed by atoms with Crippen LogP contribution >= 0.6 is 0 Å². The van der Waals surface area contributed by atoms with Gasteiger partial charge in [0.15, 0.2) is 0 Å². The van der Waals surface area contributed by atoms with Crippen molar-refractivity contribution in [2.24, 2.45) is 0 Å². The van der Waals surface area contributed by atoms with Gasteiger partial charge in [-0.1, -0.05) is 0 Å². The molecule has 0 aliphatic heterocycles. The average Bonchev–Trinajstić information content (AvgIpc) is 1.61. The number of carboxylic acid groups (broad SMARTS) is 2. The molecule has 0 bridgehead atoms. The van der Waals surface area contributed by atoms with E-state index in [0.717, 1.165) is 0 Å². The van der Waals surface area contributed by atoms with Crippen molar-refractivity contribution < 1.29 is 19.8 Å². The molecule has 0 aromatic heterocycles. The third-order valence-corrected chi connectivity index (χ3v) is 0.368. The van der Waals surface area contributed by atoms with E-state index in [9.17, 15) is 9.59 Å². The molecule has 0 aromatic carbocycles. The Balaban J connectivity index is -0.000000245. The van der Waals surface area contributed by atoms with Crippen molar-refractivity contribution in [3.8, 4) is 0 Å². The van der Waals surface area contributed by atoms with Crippen LogP contribution in [0.4, 0.5) is 0 Å². The van der Waals surface area contributed by atoms with Gasteiger partial charge in [-0.25, -0.2) is 9.59 Å². The van der Waals surface area contributed by atoms with Crippen LogP contribution in [0.3, 0.4) is 0 Å². The Hall–Kier alpha value is 1.32. The Morgan fingerprint density at radius 2 is 1.20 bits per heavy atom. The van der Waals surface area contributed by atoms with Crippen molar-refractivity contribution in [2.75, 3.05) is 0 Å². The monoisotopic (exact) mass is 180 g/mol. The average molecular weight is 180 g/mol. The molecule has 0 atom stereocenters. The zero-order chi connectivity index (χ0) is 6.57.